The number of imidazole rings is 1. The average Bonchev–Trinajstić information content (AvgIpc) is 2.88. The molecule has 2 heterocycles. The molecule has 3 aromatic rings. The SMILES string of the molecule is Cn1c(=O)c2c(nc(-c3ccc(S(=O)(=O)[O-])cc3)n2C)n(C)c1=O. The van der Waals surface area contributed by atoms with Gasteiger partial charge in [-0.3, -0.25) is 13.9 Å². The van der Waals surface area contributed by atoms with Crippen LogP contribution in [0.2, 0.25) is 0 Å². The molecule has 0 aliphatic rings. The van der Waals surface area contributed by atoms with Gasteiger partial charge in [0.15, 0.2) is 11.2 Å². The number of aromatic nitrogens is 4. The minimum absolute atomic E-state index is 0.223. The van der Waals surface area contributed by atoms with E-state index in [0.29, 0.717) is 11.4 Å². The second-order valence-corrected chi connectivity index (χ2v) is 6.73. The van der Waals surface area contributed by atoms with Gasteiger partial charge < -0.3 is 9.12 Å². The summed E-state index contributed by atoms with van der Waals surface area (Å²) in [7, 11) is -0.0298. The summed E-state index contributed by atoms with van der Waals surface area (Å²) in [4.78, 5) is 28.3. The largest absolute Gasteiger partial charge is 0.744 e. The van der Waals surface area contributed by atoms with Gasteiger partial charge in [-0.25, -0.2) is 18.2 Å². The summed E-state index contributed by atoms with van der Waals surface area (Å²) in [6.07, 6.45) is 0. The van der Waals surface area contributed by atoms with Crippen LogP contribution in [0.4, 0.5) is 0 Å². The van der Waals surface area contributed by atoms with Crippen LogP contribution in [-0.2, 0) is 31.3 Å². The van der Waals surface area contributed by atoms with Gasteiger partial charge in [-0.15, -0.1) is 0 Å². The van der Waals surface area contributed by atoms with Gasteiger partial charge in [-0.1, -0.05) is 12.1 Å². The van der Waals surface area contributed by atoms with E-state index in [4.69, 9.17) is 0 Å². The van der Waals surface area contributed by atoms with Crippen LogP contribution in [0.25, 0.3) is 22.6 Å². The number of fused-ring (bicyclic) bond motifs is 1. The highest BCUT2D eigenvalue weighted by atomic mass is 32.2. The first kappa shape index (κ1) is 16.1. The Morgan fingerprint density at radius 3 is 2.08 bits per heavy atom. The summed E-state index contributed by atoms with van der Waals surface area (Å²) in [5.74, 6) is 0.373. The van der Waals surface area contributed by atoms with Gasteiger partial charge >= 0.3 is 5.69 Å². The van der Waals surface area contributed by atoms with E-state index in [9.17, 15) is 22.6 Å². The maximum absolute atomic E-state index is 12.3. The molecular weight excluding hydrogens is 336 g/mol. The molecule has 9 nitrogen and oxygen atoms in total. The Kier molecular flexibility index (Phi) is 3.46. The number of hydrogen-bond acceptors (Lipinski definition) is 6. The van der Waals surface area contributed by atoms with Crippen molar-refractivity contribution in [3.05, 3.63) is 45.1 Å². The predicted molar refractivity (Wildman–Crippen MR) is 84.6 cm³/mol. The molecule has 0 fully saturated rings. The molecule has 0 N–H and O–H groups in total. The maximum atomic E-state index is 12.3. The van der Waals surface area contributed by atoms with E-state index in [1.807, 2.05) is 0 Å². The predicted octanol–water partition coefficient (Wildman–Crippen LogP) is -0.458. The van der Waals surface area contributed by atoms with Crippen molar-refractivity contribution in [2.45, 2.75) is 4.90 Å². The van der Waals surface area contributed by atoms with Gasteiger partial charge in [0.1, 0.15) is 15.9 Å². The van der Waals surface area contributed by atoms with E-state index >= 15 is 0 Å². The molecule has 0 radical (unpaired) electrons. The molecule has 0 spiro atoms. The van der Waals surface area contributed by atoms with Crippen LogP contribution in [0.15, 0.2) is 38.8 Å². The lowest BCUT2D eigenvalue weighted by molar-refractivity contribution is 0.463. The molecule has 3 rings (SSSR count). The van der Waals surface area contributed by atoms with Crippen molar-refractivity contribution in [3.63, 3.8) is 0 Å². The van der Waals surface area contributed by atoms with Crippen LogP contribution in [0, 0.1) is 0 Å². The summed E-state index contributed by atoms with van der Waals surface area (Å²) < 4.78 is 36.8. The van der Waals surface area contributed by atoms with E-state index in [0.717, 1.165) is 4.57 Å². The maximum Gasteiger partial charge on any atom is 0.332 e. The van der Waals surface area contributed by atoms with Gasteiger partial charge in [0.05, 0.1) is 4.90 Å². The topological polar surface area (TPSA) is 119 Å². The van der Waals surface area contributed by atoms with Gasteiger partial charge in [-0.05, 0) is 12.1 Å². The van der Waals surface area contributed by atoms with Crippen LogP contribution in [0.3, 0.4) is 0 Å². The fraction of sp³-hybridized carbons (Fsp3) is 0.214. The second-order valence-electron chi connectivity index (χ2n) is 5.35. The highest BCUT2D eigenvalue weighted by Crippen LogP contribution is 2.22. The molecule has 0 bridgehead atoms. The van der Waals surface area contributed by atoms with E-state index in [1.165, 1.54) is 47.5 Å². The first-order valence-electron chi connectivity index (χ1n) is 6.81. The van der Waals surface area contributed by atoms with Crippen molar-refractivity contribution in [2.75, 3.05) is 0 Å². The summed E-state index contributed by atoms with van der Waals surface area (Å²) in [5, 5.41) is 0. The fourth-order valence-corrected chi connectivity index (χ4v) is 3.02. The summed E-state index contributed by atoms with van der Waals surface area (Å²) in [5.41, 5.74) is 0.00454. The highest BCUT2D eigenvalue weighted by Gasteiger charge is 2.18. The standard InChI is InChI=1S/C14H14N4O5S/c1-16-10-12(17(2)14(20)18(3)13(10)19)15-11(16)8-4-6-9(7-5-8)24(21,22)23/h4-7H,1-3H3,(H,21,22,23)/p-1. The van der Waals surface area contributed by atoms with Crippen molar-refractivity contribution in [1.82, 2.24) is 18.7 Å². The van der Waals surface area contributed by atoms with Crippen molar-refractivity contribution in [3.8, 4) is 11.4 Å². The first-order valence-corrected chi connectivity index (χ1v) is 8.22. The molecule has 0 saturated heterocycles. The summed E-state index contributed by atoms with van der Waals surface area (Å²) in [6.45, 7) is 0. The Bertz CT molecular complexity index is 1180. The van der Waals surface area contributed by atoms with E-state index in [1.54, 1.807) is 7.05 Å². The third-order valence-electron chi connectivity index (χ3n) is 3.88. The minimum Gasteiger partial charge on any atom is -0.744 e. The van der Waals surface area contributed by atoms with E-state index < -0.39 is 21.4 Å². The smallest absolute Gasteiger partial charge is 0.332 e. The van der Waals surface area contributed by atoms with E-state index in [-0.39, 0.29) is 16.1 Å². The Labute approximate surface area is 136 Å². The monoisotopic (exact) mass is 349 g/mol. The molecule has 24 heavy (non-hydrogen) atoms. The third-order valence-corrected chi connectivity index (χ3v) is 4.73. The molecule has 126 valence electrons. The minimum atomic E-state index is -4.54. The second kappa shape index (κ2) is 5.14. The van der Waals surface area contributed by atoms with Crippen LogP contribution in [0.5, 0.6) is 0 Å². The molecule has 0 aliphatic heterocycles. The van der Waals surface area contributed by atoms with Gasteiger partial charge in [0.2, 0.25) is 0 Å². The molecule has 2 aromatic heterocycles. The first-order chi connectivity index (χ1) is 11.1. The van der Waals surface area contributed by atoms with Crippen LogP contribution in [0.1, 0.15) is 0 Å². The zero-order chi connectivity index (χ0) is 17.8. The van der Waals surface area contributed by atoms with Crippen LogP contribution in [-0.4, -0.2) is 31.7 Å². The number of nitrogens with zero attached hydrogens (tertiary/aromatic N) is 4. The third kappa shape index (κ3) is 2.27. The van der Waals surface area contributed by atoms with Crippen molar-refractivity contribution >= 4 is 21.3 Å². The molecular formula is C14H13N4O5S-. The van der Waals surface area contributed by atoms with Crippen LogP contribution < -0.4 is 11.2 Å². The average molecular weight is 349 g/mol. The molecule has 0 amide bonds. The molecule has 10 heteroatoms. The Morgan fingerprint density at radius 2 is 1.54 bits per heavy atom. The summed E-state index contributed by atoms with van der Waals surface area (Å²) >= 11 is 0. The lowest BCUT2D eigenvalue weighted by Crippen LogP contribution is -2.37. The lowest BCUT2D eigenvalue weighted by Gasteiger charge is -2.07. The van der Waals surface area contributed by atoms with E-state index in [2.05, 4.69) is 4.98 Å². The van der Waals surface area contributed by atoms with Crippen molar-refractivity contribution in [2.24, 2.45) is 21.1 Å². The number of hydrogen-bond donors (Lipinski definition) is 0. The number of benzene rings is 1. The Morgan fingerprint density at radius 1 is 0.958 bits per heavy atom. The Balaban J connectivity index is 2.31. The molecule has 0 aliphatic carbocycles. The molecule has 0 saturated carbocycles. The normalized spacial score (nSPS) is 12.0. The van der Waals surface area contributed by atoms with Gasteiger partial charge in [0.25, 0.3) is 5.56 Å². The highest BCUT2D eigenvalue weighted by molar-refractivity contribution is 7.85. The zero-order valence-corrected chi connectivity index (χ0v) is 13.9. The molecule has 1 aromatic carbocycles. The van der Waals surface area contributed by atoms with Gasteiger partial charge in [0, 0.05) is 26.7 Å². The molecule has 0 atom stereocenters. The lowest BCUT2D eigenvalue weighted by atomic mass is 10.2. The number of rotatable bonds is 2. The van der Waals surface area contributed by atoms with Crippen molar-refractivity contribution in [1.29, 1.82) is 0 Å². The zero-order valence-electron chi connectivity index (χ0n) is 13.0. The van der Waals surface area contributed by atoms with Crippen LogP contribution >= 0.6 is 0 Å². The van der Waals surface area contributed by atoms with Gasteiger partial charge in [-0.2, -0.15) is 0 Å². The Hall–Kier alpha value is -2.72. The summed E-state index contributed by atoms with van der Waals surface area (Å²) in [6, 6.07) is 5.20. The fourth-order valence-electron chi connectivity index (χ4n) is 2.55. The van der Waals surface area contributed by atoms with Crippen molar-refractivity contribution < 1.29 is 13.0 Å². The molecule has 0 unspecified atom stereocenters. The quantitative estimate of drug-likeness (QED) is 0.578. The number of aryl methyl sites for hydroxylation is 2.